The molecule has 0 saturated carbocycles. The molecule has 0 bridgehead atoms. The zero-order valence-corrected chi connectivity index (χ0v) is 23.9. The minimum Gasteiger partial charge on any atom is -0.444 e. The van der Waals surface area contributed by atoms with Crippen LogP contribution in [0, 0.1) is 17.6 Å². The normalized spacial score (nSPS) is 18.2. The number of aromatic nitrogens is 4. The molecule has 0 N–H and O–H groups in total. The van der Waals surface area contributed by atoms with Crippen molar-refractivity contribution in [3.05, 3.63) is 71.9 Å². The summed E-state index contributed by atoms with van der Waals surface area (Å²) in [7, 11) is 0. The number of nitrogens with zero attached hydrogens (tertiary/aromatic N) is 6. The van der Waals surface area contributed by atoms with Gasteiger partial charge in [-0.05, 0) is 82.9 Å². The Balaban J connectivity index is 1.27. The largest absolute Gasteiger partial charge is 0.444 e. The van der Waals surface area contributed by atoms with Crippen molar-refractivity contribution >= 4 is 22.9 Å². The molecule has 0 radical (unpaired) electrons. The predicted molar refractivity (Wildman–Crippen MR) is 152 cm³/mol. The fourth-order valence-electron chi connectivity index (χ4n) is 5.93. The summed E-state index contributed by atoms with van der Waals surface area (Å²) in [5.74, 6) is -0.835. The van der Waals surface area contributed by atoms with Crippen LogP contribution in [0.15, 0.2) is 48.8 Å². The average molecular weight is 579 g/mol. The van der Waals surface area contributed by atoms with E-state index >= 15 is 4.39 Å². The van der Waals surface area contributed by atoms with Crippen molar-refractivity contribution in [3.63, 3.8) is 0 Å². The standard InChI is InChI=1S/C31H33F3N6O2/c1-31(2,3)42-30(41)38-15-11-20(12-16-38)40-29(34)23(18-36-40)21-10-13-35-25-8-9-27(37-28(21)25)39-14-4-5-26(39)22-17-19(32)6-7-24(22)33/h6-10,13,17-18,20,26H,4-5,11-12,14-16H2,1-3H3/t26-/m1/s1. The maximum atomic E-state index is 15.9. The van der Waals surface area contributed by atoms with E-state index in [2.05, 4.69) is 10.1 Å². The first-order chi connectivity index (χ1) is 20.1. The monoisotopic (exact) mass is 578 g/mol. The van der Waals surface area contributed by atoms with Gasteiger partial charge in [-0.15, -0.1) is 0 Å². The van der Waals surface area contributed by atoms with Crippen LogP contribution in [0.25, 0.3) is 22.2 Å². The first-order valence-corrected chi connectivity index (χ1v) is 14.3. The van der Waals surface area contributed by atoms with Gasteiger partial charge in [0, 0.05) is 37.0 Å². The van der Waals surface area contributed by atoms with Gasteiger partial charge in [0.1, 0.15) is 23.1 Å². The van der Waals surface area contributed by atoms with E-state index in [9.17, 15) is 13.6 Å². The minimum absolute atomic E-state index is 0.208. The zero-order valence-electron chi connectivity index (χ0n) is 23.9. The van der Waals surface area contributed by atoms with Crippen LogP contribution in [0.5, 0.6) is 0 Å². The number of piperidine rings is 1. The minimum atomic E-state index is -0.580. The molecule has 1 aromatic carbocycles. The predicted octanol–water partition coefficient (Wildman–Crippen LogP) is 6.82. The highest BCUT2D eigenvalue weighted by atomic mass is 19.1. The van der Waals surface area contributed by atoms with Crippen molar-refractivity contribution in [2.24, 2.45) is 0 Å². The molecule has 220 valence electrons. The van der Waals surface area contributed by atoms with Crippen LogP contribution >= 0.6 is 0 Å². The first-order valence-electron chi connectivity index (χ1n) is 14.3. The van der Waals surface area contributed by atoms with Gasteiger partial charge in [-0.25, -0.2) is 23.2 Å². The van der Waals surface area contributed by atoms with E-state index in [0.717, 1.165) is 18.6 Å². The number of ether oxygens (including phenoxy) is 1. The molecular weight excluding hydrogens is 545 g/mol. The van der Waals surface area contributed by atoms with Gasteiger partial charge in [0.15, 0.2) is 0 Å². The van der Waals surface area contributed by atoms with Crippen LogP contribution in [-0.2, 0) is 4.74 Å². The lowest BCUT2D eigenvalue weighted by Gasteiger charge is -2.33. The summed E-state index contributed by atoms with van der Waals surface area (Å²) in [6.45, 7) is 7.00. The van der Waals surface area contributed by atoms with E-state index in [1.54, 1.807) is 17.2 Å². The van der Waals surface area contributed by atoms with E-state index < -0.39 is 23.2 Å². The van der Waals surface area contributed by atoms with Crippen LogP contribution in [0.3, 0.4) is 0 Å². The first kappa shape index (κ1) is 28.0. The van der Waals surface area contributed by atoms with Gasteiger partial charge in [0.05, 0.1) is 34.9 Å². The second-order valence-electron chi connectivity index (χ2n) is 11.9. The maximum Gasteiger partial charge on any atom is 0.410 e. The van der Waals surface area contributed by atoms with E-state index in [-0.39, 0.29) is 18.2 Å². The number of carbonyl (C=O) groups excluding carboxylic acids is 1. The molecule has 3 aromatic heterocycles. The number of halogens is 3. The van der Waals surface area contributed by atoms with Crippen molar-refractivity contribution in [1.29, 1.82) is 0 Å². The Labute approximate surface area is 242 Å². The number of anilines is 1. The topological polar surface area (TPSA) is 76.4 Å². The molecule has 5 heterocycles. The highest BCUT2D eigenvalue weighted by Gasteiger charge is 2.32. The second kappa shape index (κ2) is 10.9. The van der Waals surface area contributed by atoms with Crippen LogP contribution in [-0.4, -0.2) is 56.0 Å². The zero-order chi connectivity index (χ0) is 29.6. The van der Waals surface area contributed by atoms with Gasteiger partial charge in [-0.1, -0.05) is 0 Å². The highest BCUT2D eigenvalue weighted by Crippen LogP contribution is 2.38. The fraction of sp³-hybridized carbons (Fsp3) is 0.419. The van der Waals surface area contributed by atoms with Crippen molar-refractivity contribution in [1.82, 2.24) is 24.6 Å². The third-order valence-corrected chi connectivity index (χ3v) is 7.92. The van der Waals surface area contributed by atoms with E-state index in [0.29, 0.717) is 72.4 Å². The average Bonchev–Trinajstić information content (AvgIpc) is 3.60. The molecule has 0 aliphatic carbocycles. The molecule has 42 heavy (non-hydrogen) atoms. The number of hydrogen-bond acceptors (Lipinski definition) is 6. The van der Waals surface area contributed by atoms with E-state index in [1.165, 1.54) is 16.9 Å². The van der Waals surface area contributed by atoms with E-state index in [4.69, 9.17) is 9.72 Å². The maximum absolute atomic E-state index is 15.9. The molecule has 6 rings (SSSR count). The van der Waals surface area contributed by atoms with Crippen molar-refractivity contribution in [2.75, 3.05) is 24.5 Å². The molecule has 2 aliphatic rings. The lowest BCUT2D eigenvalue weighted by molar-refractivity contribution is 0.0181. The third kappa shape index (κ3) is 5.39. The number of amides is 1. The molecule has 0 spiro atoms. The Morgan fingerprint density at radius 1 is 0.976 bits per heavy atom. The molecule has 2 fully saturated rings. The van der Waals surface area contributed by atoms with Crippen LogP contribution < -0.4 is 4.90 Å². The molecule has 1 atom stereocenters. The Morgan fingerprint density at radius 3 is 2.52 bits per heavy atom. The van der Waals surface area contributed by atoms with Crippen molar-refractivity contribution < 1.29 is 22.7 Å². The van der Waals surface area contributed by atoms with E-state index in [1.807, 2.05) is 37.8 Å². The van der Waals surface area contributed by atoms with Gasteiger partial charge in [-0.3, -0.25) is 4.98 Å². The molecule has 1 amide bonds. The van der Waals surface area contributed by atoms with Crippen LogP contribution in [0.1, 0.15) is 64.1 Å². The number of likely N-dealkylation sites (tertiary alicyclic amines) is 1. The quantitative estimate of drug-likeness (QED) is 0.264. The summed E-state index contributed by atoms with van der Waals surface area (Å²) < 4.78 is 51.5. The Bertz CT molecular complexity index is 1630. The Hall–Kier alpha value is -4.15. The summed E-state index contributed by atoms with van der Waals surface area (Å²) in [6, 6.07) is 8.27. The van der Waals surface area contributed by atoms with Gasteiger partial charge in [0.25, 0.3) is 0 Å². The number of rotatable bonds is 4. The lowest BCUT2D eigenvalue weighted by atomic mass is 10.0. The molecule has 2 aliphatic heterocycles. The van der Waals surface area contributed by atoms with Gasteiger partial charge in [-0.2, -0.15) is 9.49 Å². The van der Waals surface area contributed by atoms with Crippen molar-refractivity contribution in [2.45, 2.75) is 64.1 Å². The molecular formula is C31H33F3N6O2. The summed E-state index contributed by atoms with van der Waals surface area (Å²) in [5.41, 5.74) is 1.65. The van der Waals surface area contributed by atoms with Gasteiger partial charge in [0.2, 0.25) is 5.95 Å². The number of pyridine rings is 2. The summed E-state index contributed by atoms with van der Waals surface area (Å²) in [5, 5.41) is 4.39. The van der Waals surface area contributed by atoms with Crippen LogP contribution in [0.4, 0.5) is 23.8 Å². The molecule has 11 heteroatoms. The fourth-order valence-corrected chi connectivity index (χ4v) is 5.93. The number of fused-ring (bicyclic) bond motifs is 1. The summed E-state index contributed by atoms with van der Waals surface area (Å²) >= 11 is 0. The molecule has 8 nitrogen and oxygen atoms in total. The highest BCUT2D eigenvalue weighted by molar-refractivity contribution is 5.92. The van der Waals surface area contributed by atoms with Gasteiger partial charge >= 0.3 is 6.09 Å². The summed E-state index contributed by atoms with van der Waals surface area (Å²) in [4.78, 5) is 25.4. The molecule has 4 aromatic rings. The Morgan fingerprint density at radius 2 is 1.76 bits per heavy atom. The van der Waals surface area contributed by atoms with Gasteiger partial charge < -0.3 is 14.5 Å². The second-order valence-corrected chi connectivity index (χ2v) is 11.9. The molecule has 0 unspecified atom stereocenters. The number of hydrogen-bond donors (Lipinski definition) is 0. The SMILES string of the molecule is CC(C)(C)OC(=O)N1CCC(n2ncc(-c3ccnc4ccc(N5CCC[C@@H]5c5cc(F)ccc5F)nc34)c2F)CC1. The number of carbonyl (C=O) groups is 1. The Kier molecular flexibility index (Phi) is 7.28. The summed E-state index contributed by atoms with van der Waals surface area (Å²) in [6.07, 6.45) is 5.29. The lowest BCUT2D eigenvalue weighted by Crippen LogP contribution is -2.42. The number of benzene rings is 1. The van der Waals surface area contributed by atoms with Crippen LogP contribution in [0.2, 0.25) is 0 Å². The molecule has 2 saturated heterocycles. The van der Waals surface area contributed by atoms with Crippen molar-refractivity contribution in [3.8, 4) is 11.1 Å². The third-order valence-electron chi connectivity index (χ3n) is 7.92. The smallest absolute Gasteiger partial charge is 0.410 e.